The molecule has 0 aliphatic carbocycles. The normalized spacial score (nSPS) is 11.5. The van der Waals surface area contributed by atoms with Gasteiger partial charge in [-0.15, -0.1) is 10.2 Å². The van der Waals surface area contributed by atoms with Crippen LogP contribution in [0.15, 0.2) is 6.07 Å². The van der Waals surface area contributed by atoms with Crippen molar-refractivity contribution in [3.8, 4) is 0 Å². The van der Waals surface area contributed by atoms with E-state index in [1.807, 2.05) is 0 Å². The number of nitrogens with zero attached hydrogens (tertiary/aromatic N) is 2. The molecule has 0 unspecified atom stereocenters. The molecule has 0 saturated carbocycles. The summed E-state index contributed by atoms with van der Waals surface area (Å²) in [4.78, 5) is 0. The third-order valence-corrected chi connectivity index (χ3v) is 1.99. The van der Waals surface area contributed by atoms with E-state index in [0.717, 1.165) is 12.2 Å². The fraction of sp³-hybridized carbons (Fsp3) is 0.556. The maximum atomic E-state index is 5.83. The van der Waals surface area contributed by atoms with Crippen LogP contribution in [0.5, 0.6) is 0 Å². The third kappa shape index (κ3) is 3.68. The minimum atomic E-state index is 0.180. The first-order chi connectivity index (χ1) is 6.38. The molecule has 0 atom stereocenters. The monoisotopic (exact) mass is 233 g/mol. The van der Waals surface area contributed by atoms with Crippen LogP contribution >= 0.6 is 23.2 Å². The van der Waals surface area contributed by atoms with E-state index < -0.39 is 0 Å². The number of hydrogen-bond acceptors (Lipinski definition) is 3. The second-order valence-corrected chi connectivity index (χ2v) is 5.03. The van der Waals surface area contributed by atoms with Crippen molar-refractivity contribution in [1.29, 1.82) is 0 Å². The molecule has 0 spiro atoms. The molecule has 0 bridgehead atoms. The number of rotatable bonds is 2. The standard InChI is InChI=1S/C9H13Cl2N3/c1-9(2,3)5-12-6-4-7(10)13-14-8(6)11/h4H,5H2,1-3H3,(H,12,13). The highest BCUT2D eigenvalue weighted by Gasteiger charge is 2.11. The van der Waals surface area contributed by atoms with Gasteiger partial charge in [-0.1, -0.05) is 44.0 Å². The fourth-order valence-electron chi connectivity index (χ4n) is 0.837. The van der Waals surface area contributed by atoms with Crippen molar-refractivity contribution in [2.75, 3.05) is 11.9 Å². The van der Waals surface area contributed by atoms with Crippen LogP contribution in [-0.2, 0) is 0 Å². The summed E-state index contributed by atoms with van der Waals surface area (Å²) in [6, 6.07) is 1.67. The predicted molar refractivity (Wildman–Crippen MR) is 60.0 cm³/mol. The fourth-order valence-corrected chi connectivity index (χ4v) is 1.14. The van der Waals surface area contributed by atoms with E-state index in [9.17, 15) is 0 Å². The van der Waals surface area contributed by atoms with Gasteiger partial charge >= 0.3 is 0 Å². The minimum absolute atomic E-state index is 0.180. The zero-order valence-corrected chi connectivity index (χ0v) is 9.95. The lowest BCUT2D eigenvalue weighted by Gasteiger charge is -2.19. The first-order valence-corrected chi connectivity index (χ1v) is 5.07. The first kappa shape index (κ1) is 11.5. The lowest BCUT2D eigenvalue weighted by molar-refractivity contribution is 0.443. The van der Waals surface area contributed by atoms with Gasteiger partial charge in [0.1, 0.15) is 0 Å². The van der Waals surface area contributed by atoms with Gasteiger partial charge in [-0.05, 0) is 5.41 Å². The molecule has 14 heavy (non-hydrogen) atoms. The van der Waals surface area contributed by atoms with E-state index >= 15 is 0 Å². The molecule has 0 aliphatic rings. The average Bonchev–Trinajstić information content (AvgIpc) is 2.05. The summed E-state index contributed by atoms with van der Waals surface area (Å²) in [5.74, 6) is 0. The lowest BCUT2D eigenvalue weighted by Crippen LogP contribution is -2.19. The summed E-state index contributed by atoms with van der Waals surface area (Å²) in [6.07, 6.45) is 0. The van der Waals surface area contributed by atoms with E-state index in [1.165, 1.54) is 0 Å². The second kappa shape index (κ2) is 4.32. The zero-order chi connectivity index (χ0) is 10.8. The maximum Gasteiger partial charge on any atom is 0.174 e. The molecule has 5 heteroatoms. The number of halogens is 2. The van der Waals surface area contributed by atoms with Crippen molar-refractivity contribution in [2.45, 2.75) is 20.8 Å². The average molecular weight is 234 g/mol. The number of aromatic nitrogens is 2. The highest BCUT2D eigenvalue weighted by atomic mass is 35.5. The molecular formula is C9H13Cl2N3. The molecular weight excluding hydrogens is 221 g/mol. The quantitative estimate of drug-likeness (QED) is 0.853. The smallest absolute Gasteiger partial charge is 0.174 e. The van der Waals surface area contributed by atoms with Gasteiger partial charge in [0, 0.05) is 12.6 Å². The molecule has 0 fully saturated rings. The zero-order valence-electron chi connectivity index (χ0n) is 8.43. The number of nitrogens with one attached hydrogen (secondary N) is 1. The molecule has 1 aromatic heterocycles. The minimum Gasteiger partial charge on any atom is -0.382 e. The summed E-state index contributed by atoms with van der Waals surface area (Å²) in [6.45, 7) is 7.19. The summed E-state index contributed by atoms with van der Waals surface area (Å²) in [5, 5.41) is 11.2. The molecule has 0 amide bonds. The molecule has 0 aromatic carbocycles. The molecule has 1 rings (SSSR count). The topological polar surface area (TPSA) is 37.8 Å². The maximum absolute atomic E-state index is 5.83. The van der Waals surface area contributed by atoms with Gasteiger partial charge in [0.05, 0.1) is 5.69 Å². The van der Waals surface area contributed by atoms with Crippen LogP contribution in [0.2, 0.25) is 10.3 Å². The Morgan fingerprint density at radius 1 is 1.29 bits per heavy atom. The predicted octanol–water partition coefficient (Wildman–Crippen LogP) is 3.24. The van der Waals surface area contributed by atoms with Crippen molar-refractivity contribution in [3.05, 3.63) is 16.4 Å². The summed E-state index contributed by atoms with van der Waals surface area (Å²) in [7, 11) is 0. The molecule has 1 N–H and O–H groups in total. The van der Waals surface area contributed by atoms with Crippen LogP contribution < -0.4 is 5.32 Å². The van der Waals surface area contributed by atoms with Crippen molar-refractivity contribution in [2.24, 2.45) is 5.41 Å². The Morgan fingerprint density at radius 2 is 1.93 bits per heavy atom. The lowest BCUT2D eigenvalue weighted by atomic mass is 9.97. The molecule has 1 aromatic rings. The molecule has 0 saturated heterocycles. The Bertz CT molecular complexity index is 320. The van der Waals surface area contributed by atoms with Crippen molar-refractivity contribution in [3.63, 3.8) is 0 Å². The summed E-state index contributed by atoms with van der Waals surface area (Å²) >= 11 is 11.5. The van der Waals surface area contributed by atoms with Crippen LogP contribution in [-0.4, -0.2) is 16.7 Å². The SMILES string of the molecule is CC(C)(C)CNc1cc(Cl)nnc1Cl. The largest absolute Gasteiger partial charge is 0.382 e. The molecule has 78 valence electrons. The van der Waals surface area contributed by atoms with E-state index in [2.05, 4.69) is 36.3 Å². The van der Waals surface area contributed by atoms with Crippen LogP contribution in [0.3, 0.4) is 0 Å². The van der Waals surface area contributed by atoms with Gasteiger partial charge in [0.25, 0.3) is 0 Å². The van der Waals surface area contributed by atoms with E-state index in [0.29, 0.717) is 10.3 Å². The van der Waals surface area contributed by atoms with Gasteiger partial charge in [-0.2, -0.15) is 0 Å². The molecule has 0 radical (unpaired) electrons. The van der Waals surface area contributed by atoms with Crippen LogP contribution in [0.4, 0.5) is 5.69 Å². The molecule has 3 nitrogen and oxygen atoms in total. The molecule has 0 aliphatic heterocycles. The van der Waals surface area contributed by atoms with E-state index in [-0.39, 0.29) is 5.41 Å². The molecule has 1 heterocycles. The Labute approximate surface area is 93.8 Å². The summed E-state index contributed by atoms with van der Waals surface area (Å²) in [5.41, 5.74) is 0.903. The number of anilines is 1. The van der Waals surface area contributed by atoms with Crippen molar-refractivity contribution < 1.29 is 0 Å². The van der Waals surface area contributed by atoms with E-state index in [1.54, 1.807) is 6.07 Å². The van der Waals surface area contributed by atoms with Gasteiger partial charge in [0.15, 0.2) is 10.3 Å². The van der Waals surface area contributed by atoms with Gasteiger partial charge in [-0.25, -0.2) is 0 Å². The van der Waals surface area contributed by atoms with Gasteiger partial charge in [-0.3, -0.25) is 0 Å². The highest BCUT2D eigenvalue weighted by molar-refractivity contribution is 6.33. The Kier molecular flexibility index (Phi) is 3.56. The number of hydrogen-bond donors (Lipinski definition) is 1. The van der Waals surface area contributed by atoms with Gasteiger partial charge < -0.3 is 5.32 Å². The highest BCUT2D eigenvalue weighted by Crippen LogP contribution is 2.22. The van der Waals surface area contributed by atoms with Crippen LogP contribution in [0, 0.1) is 5.41 Å². The van der Waals surface area contributed by atoms with E-state index in [4.69, 9.17) is 23.2 Å². The van der Waals surface area contributed by atoms with Gasteiger partial charge in [0.2, 0.25) is 0 Å². The Morgan fingerprint density at radius 3 is 2.50 bits per heavy atom. The third-order valence-electron chi connectivity index (χ3n) is 1.53. The van der Waals surface area contributed by atoms with Crippen LogP contribution in [0.25, 0.3) is 0 Å². The van der Waals surface area contributed by atoms with Crippen molar-refractivity contribution >= 4 is 28.9 Å². The Hall–Kier alpha value is -0.540. The second-order valence-electron chi connectivity index (χ2n) is 4.29. The Balaban J connectivity index is 2.72. The first-order valence-electron chi connectivity index (χ1n) is 4.31. The summed E-state index contributed by atoms with van der Waals surface area (Å²) < 4.78 is 0. The van der Waals surface area contributed by atoms with Crippen molar-refractivity contribution in [1.82, 2.24) is 10.2 Å². The van der Waals surface area contributed by atoms with Crippen LogP contribution in [0.1, 0.15) is 20.8 Å².